The number of nitrogens with two attached hydrogens (primary N) is 1. The summed E-state index contributed by atoms with van der Waals surface area (Å²) in [5, 5.41) is 13.6. The fourth-order valence-electron chi connectivity index (χ4n) is 2.00. The number of aromatic nitrogens is 6. The average molecular weight is 369 g/mol. The number of halogens is 3. The summed E-state index contributed by atoms with van der Waals surface area (Å²) < 4.78 is 39.3. The zero-order valence-corrected chi connectivity index (χ0v) is 13.2. The fourth-order valence-corrected chi connectivity index (χ4v) is 3.56. The van der Waals surface area contributed by atoms with Gasteiger partial charge in [0.15, 0.2) is 10.8 Å². The van der Waals surface area contributed by atoms with Crippen LogP contribution in [0.3, 0.4) is 0 Å². The molecule has 0 bridgehead atoms. The second-order valence-electron chi connectivity index (χ2n) is 4.60. The lowest BCUT2D eigenvalue weighted by molar-refractivity contribution is -0.146. The highest BCUT2D eigenvalue weighted by molar-refractivity contribution is 7.99. The number of nitrogen functional groups attached to an aromatic ring is 1. The molecule has 0 radical (unpaired) electrons. The van der Waals surface area contributed by atoms with Crippen LogP contribution in [0.25, 0.3) is 15.9 Å². The summed E-state index contributed by atoms with van der Waals surface area (Å²) in [6, 6.07) is 4.72. The number of nitrogens with zero attached hydrogens (tertiary/aromatic N) is 6. The smallest absolute Gasteiger partial charge is 0.383 e. The Balaban J connectivity index is 1.75. The molecule has 0 aliphatic rings. The van der Waals surface area contributed by atoms with Crippen molar-refractivity contribution in [2.45, 2.75) is 16.4 Å². The van der Waals surface area contributed by atoms with E-state index in [4.69, 9.17) is 5.73 Å². The normalized spacial score (nSPS) is 12.3. The Bertz CT molecular complexity index is 1060. The van der Waals surface area contributed by atoms with Crippen LogP contribution in [0.4, 0.5) is 19.0 Å². The highest BCUT2D eigenvalue weighted by Crippen LogP contribution is 2.31. The Hall–Kier alpha value is -2.47. The molecule has 0 saturated heterocycles. The van der Waals surface area contributed by atoms with Crippen molar-refractivity contribution in [2.75, 3.05) is 5.73 Å². The summed E-state index contributed by atoms with van der Waals surface area (Å²) in [4.78, 5) is 9.16. The molecule has 0 atom stereocenters. The van der Waals surface area contributed by atoms with Crippen LogP contribution in [0, 0.1) is 0 Å². The summed E-state index contributed by atoms with van der Waals surface area (Å²) in [6.45, 7) is 0. The maximum atomic E-state index is 12.9. The molecular weight excluding hydrogens is 363 g/mol. The van der Waals surface area contributed by atoms with Crippen molar-refractivity contribution in [3.05, 3.63) is 29.4 Å². The molecule has 0 spiro atoms. The zero-order valence-electron chi connectivity index (χ0n) is 11.5. The number of thiophene rings is 1. The van der Waals surface area contributed by atoms with Crippen LogP contribution in [-0.2, 0) is 6.18 Å². The lowest BCUT2D eigenvalue weighted by atomic mass is 10.4. The number of alkyl halides is 3. The first-order valence-electron chi connectivity index (χ1n) is 6.40. The van der Waals surface area contributed by atoms with E-state index in [-0.39, 0.29) is 10.7 Å². The molecule has 4 aromatic rings. The second kappa shape index (κ2) is 5.27. The predicted molar refractivity (Wildman–Crippen MR) is 81.7 cm³/mol. The van der Waals surface area contributed by atoms with Crippen molar-refractivity contribution in [1.82, 2.24) is 29.8 Å². The van der Waals surface area contributed by atoms with Gasteiger partial charge in [0.1, 0.15) is 15.7 Å². The van der Waals surface area contributed by atoms with E-state index in [2.05, 4.69) is 25.3 Å². The van der Waals surface area contributed by atoms with Crippen LogP contribution in [0.5, 0.6) is 0 Å². The number of hydrogen-bond donors (Lipinski definition) is 1. The van der Waals surface area contributed by atoms with Gasteiger partial charge in [-0.05, 0) is 35.3 Å². The fraction of sp³-hybridized carbons (Fsp3) is 0.0833. The van der Waals surface area contributed by atoms with Gasteiger partial charge in [-0.3, -0.25) is 0 Å². The minimum absolute atomic E-state index is 0.000756. The lowest BCUT2D eigenvalue weighted by Crippen LogP contribution is -2.12. The Morgan fingerprint density at radius 2 is 1.96 bits per heavy atom. The number of rotatable bonds is 2. The standard InChI is InChI=1S/C12H6F3N7S2/c13-12(14,15)10-20-19-6-1-2-7(21-22(6)10)24-11-17-8(16)5-3-4-23-9(5)18-11/h1-4H,(H2,16,17,18). The summed E-state index contributed by atoms with van der Waals surface area (Å²) in [7, 11) is 0. The molecule has 4 heterocycles. The third-order valence-corrected chi connectivity index (χ3v) is 4.62. The monoisotopic (exact) mass is 369 g/mol. The van der Waals surface area contributed by atoms with E-state index in [0.717, 1.165) is 17.1 Å². The summed E-state index contributed by atoms with van der Waals surface area (Å²) in [5.74, 6) is -0.876. The van der Waals surface area contributed by atoms with Gasteiger partial charge in [-0.25, -0.2) is 9.97 Å². The first kappa shape index (κ1) is 15.1. The molecular formula is C12H6F3N7S2. The molecule has 0 aliphatic heterocycles. The minimum Gasteiger partial charge on any atom is -0.383 e. The molecule has 7 nitrogen and oxygen atoms in total. The molecule has 2 N–H and O–H groups in total. The first-order chi connectivity index (χ1) is 11.4. The summed E-state index contributed by atoms with van der Waals surface area (Å²) in [5.41, 5.74) is 5.86. The molecule has 0 aliphatic carbocycles. The van der Waals surface area contributed by atoms with Crippen LogP contribution in [0.1, 0.15) is 5.82 Å². The van der Waals surface area contributed by atoms with E-state index in [0.29, 0.717) is 20.3 Å². The molecule has 0 saturated carbocycles. The molecule has 122 valence electrons. The number of hydrogen-bond acceptors (Lipinski definition) is 8. The van der Waals surface area contributed by atoms with Gasteiger partial charge in [0.05, 0.1) is 5.39 Å². The van der Waals surface area contributed by atoms with Gasteiger partial charge in [-0.15, -0.1) is 21.5 Å². The third kappa shape index (κ3) is 2.53. The van der Waals surface area contributed by atoms with Crippen LogP contribution >= 0.6 is 23.1 Å². The lowest BCUT2D eigenvalue weighted by Gasteiger charge is -2.05. The maximum Gasteiger partial charge on any atom is 0.453 e. The van der Waals surface area contributed by atoms with Gasteiger partial charge >= 0.3 is 6.18 Å². The van der Waals surface area contributed by atoms with Gasteiger partial charge in [0, 0.05) is 0 Å². The molecule has 12 heteroatoms. The van der Waals surface area contributed by atoms with Gasteiger partial charge in [-0.1, -0.05) is 0 Å². The van der Waals surface area contributed by atoms with Crippen molar-refractivity contribution in [2.24, 2.45) is 0 Å². The third-order valence-electron chi connectivity index (χ3n) is 3.02. The van der Waals surface area contributed by atoms with Crippen LogP contribution in [0.15, 0.2) is 33.8 Å². The van der Waals surface area contributed by atoms with Crippen molar-refractivity contribution in [3.63, 3.8) is 0 Å². The molecule has 4 rings (SSSR count). The van der Waals surface area contributed by atoms with Gasteiger partial charge in [0.2, 0.25) is 0 Å². The van der Waals surface area contributed by atoms with E-state index < -0.39 is 12.0 Å². The highest BCUT2D eigenvalue weighted by atomic mass is 32.2. The average Bonchev–Trinajstić information content (AvgIpc) is 3.12. The Labute approximate surface area is 139 Å². The van der Waals surface area contributed by atoms with Crippen LogP contribution in [0.2, 0.25) is 0 Å². The SMILES string of the molecule is Nc1nc(Sc2ccc3nnc(C(F)(F)F)n3n2)nc2sccc12. The summed E-state index contributed by atoms with van der Waals surface area (Å²) >= 11 is 2.40. The maximum absolute atomic E-state index is 12.9. The van der Waals surface area contributed by atoms with Gasteiger partial charge in [-0.2, -0.15) is 22.8 Å². The topological polar surface area (TPSA) is 94.9 Å². The molecule has 0 amide bonds. The van der Waals surface area contributed by atoms with Crippen molar-refractivity contribution < 1.29 is 13.2 Å². The van der Waals surface area contributed by atoms with E-state index in [1.165, 1.54) is 23.5 Å². The Kier molecular flexibility index (Phi) is 3.31. The predicted octanol–water partition coefficient (Wildman–Crippen LogP) is 2.88. The van der Waals surface area contributed by atoms with E-state index >= 15 is 0 Å². The number of anilines is 1. The molecule has 0 unspecified atom stereocenters. The molecule has 24 heavy (non-hydrogen) atoms. The molecule has 0 fully saturated rings. The number of fused-ring (bicyclic) bond motifs is 2. The van der Waals surface area contributed by atoms with Gasteiger partial charge < -0.3 is 5.73 Å². The van der Waals surface area contributed by atoms with Crippen molar-refractivity contribution in [1.29, 1.82) is 0 Å². The zero-order chi connectivity index (χ0) is 16.9. The van der Waals surface area contributed by atoms with Crippen molar-refractivity contribution in [3.8, 4) is 0 Å². The Morgan fingerprint density at radius 1 is 1.12 bits per heavy atom. The van der Waals surface area contributed by atoms with E-state index in [9.17, 15) is 13.2 Å². The van der Waals surface area contributed by atoms with E-state index in [1.807, 2.05) is 5.38 Å². The second-order valence-corrected chi connectivity index (χ2v) is 6.48. The van der Waals surface area contributed by atoms with Crippen LogP contribution in [-0.4, -0.2) is 29.8 Å². The quantitative estimate of drug-likeness (QED) is 0.543. The molecule has 4 aromatic heterocycles. The van der Waals surface area contributed by atoms with Gasteiger partial charge in [0.25, 0.3) is 5.82 Å². The van der Waals surface area contributed by atoms with Crippen LogP contribution < -0.4 is 5.73 Å². The largest absolute Gasteiger partial charge is 0.453 e. The van der Waals surface area contributed by atoms with Crippen molar-refractivity contribution >= 4 is 44.8 Å². The first-order valence-corrected chi connectivity index (χ1v) is 8.09. The summed E-state index contributed by atoms with van der Waals surface area (Å²) in [6.07, 6.45) is -4.65. The highest BCUT2D eigenvalue weighted by Gasteiger charge is 2.37. The van der Waals surface area contributed by atoms with E-state index in [1.54, 1.807) is 6.07 Å². The minimum atomic E-state index is -4.65. The molecule has 0 aromatic carbocycles. The Morgan fingerprint density at radius 3 is 2.75 bits per heavy atom.